The summed E-state index contributed by atoms with van der Waals surface area (Å²) in [4.78, 5) is 26.4. The summed E-state index contributed by atoms with van der Waals surface area (Å²) in [7, 11) is 0. The van der Waals surface area contributed by atoms with Crippen molar-refractivity contribution in [2.75, 3.05) is 12.0 Å². The van der Waals surface area contributed by atoms with E-state index in [9.17, 15) is 14.9 Å². The summed E-state index contributed by atoms with van der Waals surface area (Å²) < 4.78 is 0. The first-order valence-electron chi connectivity index (χ1n) is 6.44. The SMILES string of the molecule is N=C(N)NCCC[C@H](N)C(=O)ONc1ccc([N+](=O)[O-])cc1. The quantitative estimate of drug-likeness (QED) is 0.147. The molecule has 0 bridgehead atoms. The second-order valence-electron chi connectivity index (χ2n) is 4.42. The number of carbonyl (C=O) groups is 1. The van der Waals surface area contributed by atoms with Gasteiger partial charge in [0.15, 0.2) is 5.96 Å². The minimum Gasteiger partial charge on any atom is -0.370 e. The molecule has 0 amide bonds. The molecule has 10 nitrogen and oxygen atoms in total. The average molecular weight is 310 g/mol. The molecule has 0 radical (unpaired) electrons. The highest BCUT2D eigenvalue weighted by Crippen LogP contribution is 2.15. The lowest BCUT2D eigenvalue weighted by molar-refractivity contribution is -0.384. The van der Waals surface area contributed by atoms with Gasteiger partial charge < -0.3 is 21.6 Å². The van der Waals surface area contributed by atoms with Crippen LogP contribution in [0.3, 0.4) is 0 Å². The molecular weight excluding hydrogens is 292 g/mol. The number of nitro groups is 1. The summed E-state index contributed by atoms with van der Waals surface area (Å²) in [5.74, 6) is -0.794. The van der Waals surface area contributed by atoms with Crippen molar-refractivity contribution in [2.45, 2.75) is 18.9 Å². The molecule has 1 atom stereocenters. The Morgan fingerprint density at radius 2 is 2.05 bits per heavy atom. The van der Waals surface area contributed by atoms with Crippen molar-refractivity contribution >= 4 is 23.3 Å². The summed E-state index contributed by atoms with van der Waals surface area (Å²) in [6, 6.07) is 4.56. The normalized spacial score (nSPS) is 11.3. The van der Waals surface area contributed by atoms with Crippen LogP contribution in [-0.2, 0) is 9.63 Å². The van der Waals surface area contributed by atoms with Crippen molar-refractivity contribution in [1.29, 1.82) is 5.41 Å². The average Bonchev–Trinajstić information content (AvgIpc) is 2.49. The Labute approximate surface area is 126 Å². The van der Waals surface area contributed by atoms with Crippen molar-refractivity contribution in [3.8, 4) is 0 Å². The van der Waals surface area contributed by atoms with Crippen molar-refractivity contribution in [3.05, 3.63) is 34.4 Å². The Morgan fingerprint density at radius 3 is 2.59 bits per heavy atom. The molecule has 0 aliphatic heterocycles. The predicted octanol–water partition coefficient (Wildman–Crippen LogP) is 0.0555. The molecule has 0 saturated carbocycles. The zero-order chi connectivity index (χ0) is 16.5. The van der Waals surface area contributed by atoms with Crippen molar-refractivity contribution in [3.63, 3.8) is 0 Å². The third kappa shape index (κ3) is 6.05. The van der Waals surface area contributed by atoms with Crippen LogP contribution in [0.4, 0.5) is 11.4 Å². The van der Waals surface area contributed by atoms with Gasteiger partial charge in [0.1, 0.15) is 6.04 Å². The largest absolute Gasteiger partial charge is 0.370 e. The smallest absolute Gasteiger partial charge is 0.348 e. The van der Waals surface area contributed by atoms with Gasteiger partial charge in [-0.25, -0.2) is 10.3 Å². The lowest BCUT2D eigenvalue weighted by atomic mass is 10.2. The maximum absolute atomic E-state index is 11.6. The standard InChI is InChI=1S/C12H18N6O4/c13-10(2-1-7-16-12(14)15)11(19)22-17-8-3-5-9(6-4-8)18(20)21/h3-6,10,17H,1-2,7,13H2,(H4,14,15,16)/t10-/m0/s1. The van der Waals surface area contributed by atoms with E-state index in [-0.39, 0.29) is 11.6 Å². The van der Waals surface area contributed by atoms with E-state index in [1.165, 1.54) is 24.3 Å². The zero-order valence-corrected chi connectivity index (χ0v) is 11.7. The fourth-order valence-corrected chi connectivity index (χ4v) is 1.50. The topological polar surface area (TPSA) is 169 Å². The van der Waals surface area contributed by atoms with Gasteiger partial charge in [0.25, 0.3) is 5.69 Å². The third-order valence-electron chi connectivity index (χ3n) is 2.66. The van der Waals surface area contributed by atoms with E-state index >= 15 is 0 Å². The second-order valence-corrected chi connectivity index (χ2v) is 4.42. The fraction of sp³-hybridized carbons (Fsp3) is 0.333. The molecule has 22 heavy (non-hydrogen) atoms. The number of nitrogens with one attached hydrogen (secondary N) is 3. The van der Waals surface area contributed by atoms with E-state index in [4.69, 9.17) is 21.7 Å². The third-order valence-corrected chi connectivity index (χ3v) is 2.66. The minimum atomic E-state index is -0.820. The highest BCUT2D eigenvalue weighted by Gasteiger charge is 2.15. The highest BCUT2D eigenvalue weighted by atomic mass is 16.7. The summed E-state index contributed by atoms with van der Waals surface area (Å²) >= 11 is 0. The van der Waals surface area contributed by atoms with E-state index < -0.39 is 16.9 Å². The lowest BCUT2D eigenvalue weighted by Crippen LogP contribution is -2.36. The molecule has 0 heterocycles. The Morgan fingerprint density at radius 1 is 1.41 bits per heavy atom. The van der Waals surface area contributed by atoms with Gasteiger partial charge in [0.05, 0.1) is 10.6 Å². The van der Waals surface area contributed by atoms with Crippen LogP contribution >= 0.6 is 0 Å². The van der Waals surface area contributed by atoms with Crippen LogP contribution in [0.25, 0.3) is 0 Å². The van der Waals surface area contributed by atoms with E-state index in [0.29, 0.717) is 25.1 Å². The molecule has 0 unspecified atom stereocenters. The van der Waals surface area contributed by atoms with Crippen molar-refractivity contribution in [1.82, 2.24) is 5.32 Å². The van der Waals surface area contributed by atoms with Crippen LogP contribution in [0, 0.1) is 15.5 Å². The number of nitrogens with two attached hydrogens (primary N) is 2. The van der Waals surface area contributed by atoms with Crippen LogP contribution in [-0.4, -0.2) is 29.4 Å². The zero-order valence-electron chi connectivity index (χ0n) is 11.7. The molecule has 0 aromatic heterocycles. The van der Waals surface area contributed by atoms with Gasteiger partial charge in [-0.15, -0.1) is 0 Å². The molecule has 120 valence electrons. The van der Waals surface area contributed by atoms with Gasteiger partial charge in [-0.05, 0) is 25.0 Å². The first-order valence-corrected chi connectivity index (χ1v) is 6.44. The van der Waals surface area contributed by atoms with Gasteiger partial charge in [0.2, 0.25) is 0 Å². The molecular formula is C12H18N6O4. The molecule has 0 aliphatic carbocycles. The second kappa shape index (κ2) is 8.42. The van der Waals surface area contributed by atoms with Crippen LogP contribution < -0.4 is 22.3 Å². The molecule has 0 aliphatic rings. The van der Waals surface area contributed by atoms with Crippen molar-refractivity contribution < 1.29 is 14.6 Å². The number of hydrogen-bond acceptors (Lipinski definition) is 7. The number of anilines is 1. The molecule has 10 heteroatoms. The number of benzene rings is 1. The number of guanidine groups is 1. The monoisotopic (exact) mass is 310 g/mol. The number of nitro benzene ring substituents is 1. The van der Waals surface area contributed by atoms with E-state index in [0.717, 1.165) is 0 Å². The predicted molar refractivity (Wildman–Crippen MR) is 79.9 cm³/mol. The summed E-state index contributed by atoms with van der Waals surface area (Å²) in [6.07, 6.45) is 0.911. The molecule has 0 saturated heterocycles. The van der Waals surface area contributed by atoms with Crippen LogP contribution in [0.2, 0.25) is 0 Å². The number of carbonyl (C=O) groups excluding carboxylic acids is 1. The molecule has 0 spiro atoms. The van der Waals surface area contributed by atoms with Gasteiger partial charge in [0, 0.05) is 18.7 Å². The number of hydrogen-bond donors (Lipinski definition) is 5. The Balaban J connectivity index is 2.32. The highest BCUT2D eigenvalue weighted by molar-refractivity contribution is 5.76. The maximum atomic E-state index is 11.6. The Bertz CT molecular complexity index is 533. The van der Waals surface area contributed by atoms with E-state index in [1.54, 1.807) is 0 Å². The van der Waals surface area contributed by atoms with Crippen LogP contribution in [0.5, 0.6) is 0 Å². The number of nitrogens with zero attached hydrogens (tertiary/aromatic N) is 1. The van der Waals surface area contributed by atoms with Crippen molar-refractivity contribution in [2.24, 2.45) is 11.5 Å². The number of non-ortho nitro benzene ring substituents is 1. The molecule has 7 N–H and O–H groups in total. The Kier molecular flexibility index (Phi) is 6.57. The van der Waals surface area contributed by atoms with Gasteiger partial charge >= 0.3 is 5.97 Å². The number of rotatable bonds is 8. The van der Waals surface area contributed by atoms with Gasteiger partial charge in [-0.2, -0.15) is 0 Å². The minimum absolute atomic E-state index is 0.0634. The fourth-order valence-electron chi connectivity index (χ4n) is 1.50. The van der Waals surface area contributed by atoms with E-state index in [1.807, 2.05) is 0 Å². The van der Waals surface area contributed by atoms with Crippen LogP contribution in [0.1, 0.15) is 12.8 Å². The summed E-state index contributed by atoms with van der Waals surface area (Å²) in [6.45, 7) is 0.437. The lowest BCUT2D eigenvalue weighted by Gasteiger charge is -2.12. The maximum Gasteiger partial charge on any atom is 0.348 e. The molecule has 1 rings (SSSR count). The summed E-state index contributed by atoms with van der Waals surface area (Å²) in [5.41, 5.74) is 13.5. The molecule has 1 aromatic rings. The van der Waals surface area contributed by atoms with Crippen LogP contribution in [0.15, 0.2) is 24.3 Å². The summed E-state index contributed by atoms with van der Waals surface area (Å²) in [5, 5.41) is 20.0. The molecule has 1 aromatic carbocycles. The Hall–Kier alpha value is -2.88. The molecule has 0 fully saturated rings. The van der Waals surface area contributed by atoms with Gasteiger partial charge in [-0.3, -0.25) is 15.5 Å². The first-order chi connectivity index (χ1) is 10.4. The first kappa shape index (κ1) is 17.2. The van der Waals surface area contributed by atoms with Gasteiger partial charge in [-0.1, -0.05) is 0 Å². The van der Waals surface area contributed by atoms with E-state index in [2.05, 4.69) is 10.8 Å².